The minimum absolute atomic E-state index is 0.0593. The first kappa shape index (κ1) is 19.8. The Morgan fingerprint density at radius 1 is 1.22 bits per heavy atom. The number of nitrogens with one attached hydrogen (secondary N) is 2. The minimum Gasteiger partial charge on any atom is -0.486 e. The summed E-state index contributed by atoms with van der Waals surface area (Å²) in [5.74, 6) is 2.54. The van der Waals surface area contributed by atoms with Crippen molar-refractivity contribution in [3.63, 3.8) is 0 Å². The van der Waals surface area contributed by atoms with Crippen molar-refractivity contribution in [1.29, 1.82) is 0 Å². The number of fused-ring (bicyclic) bond motifs is 1. The van der Waals surface area contributed by atoms with Crippen LogP contribution in [0.2, 0.25) is 0 Å². The number of rotatable bonds is 6. The molecule has 27 heavy (non-hydrogen) atoms. The fourth-order valence-corrected chi connectivity index (χ4v) is 3.85. The highest BCUT2D eigenvalue weighted by molar-refractivity contribution is 5.79. The first-order chi connectivity index (χ1) is 13.0. The summed E-state index contributed by atoms with van der Waals surface area (Å²) in [6, 6.07) is 6.85. The fourth-order valence-electron chi connectivity index (χ4n) is 3.85. The van der Waals surface area contributed by atoms with Crippen LogP contribution in [0, 0.1) is 0 Å². The second kappa shape index (κ2) is 8.83. The smallest absolute Gasteiger partial charge is 0.191 e. The van der Waals surface area contributed by atoms with Crippen LogP contribution < -0.4 is 20.1 Å². The summed E-state index contributed by atoms with van der Waals surface area (Å²) in [5, 5.41) is 7.00. The molecule has 0 spiro atoms. The topological polar surface area (TPSA) is 58.1 Å². The molecular formula is C21H34N4O2. The normalized spacial score (nSPS) is 20.6. The third-order valence-electron chi connectivity index (χ3n) is 5.66. The molecule has 6 heteroatoms. The molecule has 2 aliphatic heterocycles. The highest BCUT2D eigenvalue weighted by atomic mass is 16.6. The molecule has 0 bridgehead atoms. The lowest BCUT2D eigenvalue weighted by Crippen LogP contribution is -2.47. The molecule has 2 aliphatic rings. The Bertz CT molecular complexity index is 660. The number of aliphatic imine (C=N–C) groups is 1. The SMILES string of the molecule is CCN1CCCC1CNC(=NC)NCC(C)(C)c1ccc2c(c1)OCCO2. The van der Waals surface area contributed by atoms with Crippen molar-refractivity contribution >= 4 is 5.96 Å². The van der Waals surface area contributed by atoms with Gasteiger partial charge in [0.25, 0.3) is 0 Å². The predicted octanol–water partition coefficient (Wildman–Crippen LogP) is 2.38. The van der Waals surface area contributed by atoms with Gasteiger partial charge in [0, 0.05) is 31.6 Å². The summed E-state index contributed by atoms with van der Waals surface area (Å²) in [7, 11) is 1.83. The zero-order valence-electron chi connectivity index (χ0n) is 17.2. The highest BCUT2D eigenvalue weighted by Crippen LogP contribution is 2.34. The van der Waals surface area contributed by atoms with E-state index in [1.165, 1.54) is 24.9 Å². The maximum atomic E-state index is 5.74. The molecule has 0 amide bonds. The van der Waals surface area contributed by atoms with Gasteiger partial charge in [-0.15, -0.1) is 0 Å². The van der Waals surface area contributed by atoms with E-state index in [1.807, 2.05) is 13.1 Å². The fraction of sp³-hybridized carbons (Fsp3) is 0.667. The van der Waals surface area contributed by atoms with E-state index in [9.17, 15) is 0 Å². The maximum Gasteiger partial charge on any atom is 0.191 e. The van der Waals surface area contributed by atoms with Gasteiger partial charge >= 0.3 is 0 Å². The Hall–Kier alpha value is -1.95. The van der Waals surface area contributed by atoms with Crippen molar-refractivity contribution < 1.29 is 9.47 Å². The molecule has 1 fully saturated rings. The van der Waals surface area contributed by atoms with E-state index in [1.54, 1.807) is 0 Å². The molecule has 3 rings (SSSR count). The molecular weight excluding hydrogens is 340 g/mol. The van der Waals surface area contributed by atoms with E-state index in [0.717, 1.165) is 37.1 Å². The Labute approximate surface area is 163 Å². The molecule has 0 radical (unpaired) electrons. The van der Waals surface area contributed by atoms with Crippen molar-refractivity contribution in [3.05, 3.63) is 23.8 Å². The summed E-state index contributed by atoms with van der Waals surface area (Å²) < 4.78 is 11.4. The Balaban J connectivity index is 1.55. The van der Waals surface area contributed by atoms with E-state index in [2.05, 4.69) is 53.4 Å². The summed E-state index contributed by atoms with van der Waals surface area (Å²) in [4.78, 5) is 6.94. The number of benzene rings is 1. The van der Waals surface area contributed by atoms with Crippen LogP contribution in [0.1, 0.15) is 39.2 Å². The van der Waals surface area contributed by atoms with Crippen LogP contribution in [0.5, 0.6) is 11.5 Å². The first-order valence-corrected chi connectivity index (χ1v) is 10.1. The molecule has 6 nitrogen and oxygen atoms in total. The van der Waals surface area contributed by atoms with E-state index in [-0.39, 0.29) is 5.41 Å². The third-order valence-corrected chi connectivity index (χ3v) is 5.66. The molecule has 1 atom stereocenters. The van der Waals surface area contributed by atoms with E-state index in [4.69, 9.17) is 9.47 Å². The zero-order valence-corrected chi connectivity index (χ0v) is 17.2. The van der Waals surface area contributed by atoms with Crippen molar-refractivity contribution in [2.24, 2.45) is 4.99 Å². The zero-order chi connectivity index (χ0) is 19.3. The Morgan fingerprint density at radius 2 is 2.00 bits per heavy atom. The van der Waals surface area contributed by atoms with Crippen molar-refractivity contribution in [2.45, 2.75) is 45.1 Å². The van der Waals surface area contributed by atoms with E-state index < -0.39 is 0 Å². The predicted molar refractivity (Wildman–Crippen MR) is 110 cm³/mol. The van der Waals surface area contributed by atoms with Gasteiger partial charge in [0.05, 0.1) is 0 Å². The highest BCUT2D eigenvalue weighted by Gasteiger charge is 2.25. The van der Waals surface area contributed by atoms with Gasteiger partial charge in [-0.3, -0.25) is 9.89 Å². The standard InChI is InChI=1S/C21H34N4O2/c1-5-25-10-6-7-17(25)14-23-20(22-4)24-15-21(2,3)16-8-9-18-19(13-16)27-12-11-26-18/h8-9,13,17H,5-7,10-12,14-15H2,1-4H3,(H2,22,23,24). The molecule has 150 valence electrons. The van der Waals surface area contributed by atoms with Crippen LogP contribution >= 0.6 is 0 Å². The molecule has 1 aromatic rings. The minimum atomic E-state index is -0.0593. The van der Waals surface area contributed by atoms with E-state index >= 15 is 0 Å². The van der Waals surface area contributed by atoms with Gasteiger partial charge in [-0.25, -0.2) is 0 Å². The molecule has 0 saturated carbocycles. The van der Waals surface area contributed by atoms with E-state index in [0.29, 0.717) is 19.3 Å². The number of nitrogens with zero attached hydrogens (tertiary/aromatic N) is 2. The number of hydrogen-bond donors (Lipinski definition) is 2. The van der Waals surface area contributed by atoms with Crippen LogP contribution in [0.15, 0.2) is 23.2 Å². The van der Waals surface area contributed by atoms with Crippen LogP contribution in [0.25, 0.3) is 0 Å². The number of likely N-dealkylation sites (N-methyl/N-ethyl adjacent to an activating group) is 1. The average molecular weight is 375 g/mol. The third kappa shape index (κ3) is 4.86. The van der Waals surface area contributed by atoms with Crippen molar-refractivity contribution in [3.8, 4) is 11.5 Å². The van der Waals surface area contributed by atoms with Crippen LogP contribution in [-0.4, -0.2) is 63.3 Å². The largest absolute Gasteiger partial charge is 0.486 e. The Morgan fingerprint density at radius 3 is 2.74 bits per heavy atom. The van der Waals surface area contributed by atoms with Crippen molar-refractivity contribution in [1.82, 2.24) is 15.5 Å². The van der Waals surface area contributed by atoms with Gasteiger partial charge in [0.2, 0.25) is 0 Å². The summed E-state index contributed by atoms with van der Waals surface area (Å²) in [6.07, 6.45) is 2.56. The lowest BCUT2D eigenvalue weighted by molar-refractivity contribution is 0.171. The van der Waals surface area contributed by atoms with Crippen LogP contribution in [0.4, 0.5) is 0 Å². The van der Waals surface area contributed by atoms with Gasteiger partial charge in [0.15, 0.2) is 17.5 Å². The van der Waals surface area contributed by atoms with Gasteiger partial charge < -0.3 is 20.1 Å². The van der Waals surface area contributed by atoms with Gasteiger partial charge in [-0.05, 0) is 43.6 Å². The van der Waals surface area contributed by atoms with Gasteiger partial charge in [-0.1, -0.05) is 26.8 Å². The first-order valence-electron chi connectivity index (χ1n) is 10.1. The maximum absolute atomic E-state index is 5.74. The second-order valence-corrected chi connectivity index (χ2v) is 7.97. The van der Waals surface area contributed by atoms with Crippen LogP contribution in [-0.2, 0) is 5.41 Å². The Kier molecular flexibility index (Phi) is 6.47. The number of ether oxygens (including phenoxy) is 2. The lowest BCUT2D eigenvalue weighted by atomic mass is 9.84. The lowest BCUT2D eigenvalue weighted by Gasteiger charge is -2.29. The molecule has 2 heterocycles. The number of hydrogen-bond acceptors (Lipinski definition) is 4. The number of likely N-dealkylation sites (tertiary alicyclic amines) is 1. The van der Waals surface area contributed by atoms with Gasteiger partial charge in [0.1, 0.15) is 13.2 Å². The molecule has 0 aliphatic carbocycles. The molecule has 1 saturated heterocycles. The molecule has 1 unspecified atom stereocenters. The molecule has 1 aromatic carbocycles. The number of guanidine groups is 1. The monoisotopic (exact) mass is 374 g/mol. The average Bonchev–Trinajstić information content (AvgIpc) is 3.15. The quantitative estimate of drug-likeness (QED) is 0.591. The van der Waals surface area contributed by atoms with Gasteiger partial charge in [-0.2, -0.15) is 0 Å². The summed E-state index contributed by atoms with van der Waals surface area (Å²) in [6.45, 7) is 12.0. The van der Waals surface area contributed by atoms with Crippen molar-refractivity contribution in [2.75, 3.05) is 46.4 Å². The van der Waals surface area contributed by atoms with Crippen LogP contribution in [0.3, 0.4) is 0 Å². The second-order valence-electron chi connectivity index (χ2n) is 7.97. The molecule has 0 aromatic heterocycles. The summed E-state index contributed by atoms with van der Waals surface area (Å²) in [5.41, 5.74) is 1.17. The molecule has 2 N–H and O–H groups in total. The summed E-state index contributed by atoms with van der Waals surface area (Å²) >= 11 is 0.